The van der Waals surface area contributed by atoms with Gasteiger partial charge in [0.15, 0.2) is 0 Å². The second-order valence-corrected chi connectivity index (χ2v) is 3.23. The first-order valence-electron chi connectivity index (χ1n) is 4.37. The van der Waals surface area contributed by atoms with E-state index in [1.165, 1.54) is 6.92 Å². The van der Waals surface area contributed by atoms with E-state index in [-0.39, 0.29) is 11.4 Å². The van der Waals surface area contributed by atoms with Crippen molar-refractivity contribution < 1.29 is 4.92 Å². The topological polar surface area (TPSA) is 76.0 Å². The van der Waals surface area contributed by atoms with E-state index in [1.807, 2.05) is 0 Å². The summed E-state index contributed by atoms with van der Waals surface area (Å²) < 4.78 is 0. The lowest BCUT2D eigenvalue weighted by Gasteiger charge is -2.00. The zero-order valence-corrected chi connectivity index (χ0v) is 7.98. The standard InChI is InChI=1S/C10H8N2O3/c1-6-9(12(14)15)10(13)7-4-2-3-5-8(7)11-6/h2-5H,1H3,(H,11,13). The van der Waals surface area contributed by atoms with E-state index in [4.69, 9.17) is 0 Å². The molecular weight excluding hydrogens is 196 g/mol. The van der Waals surface area contributed by atoms with Gasteiger partial charge < -0.3 is 4.98 Å². The Balaban J connectivity index is 2.97. The number of fused-ring (bicyclic) bond motifs is 1. The van der Waals surface area contributed by atoms with Gasteiger partial charge >= 0.3 is 5.69 Å². The average molecular weight is 204 g/mol. The van der Waals surface area contributed by atoms with E-state index in [9.17, 15) is 14.9 Å². The highest BCUT2D eigenvalue weighted by Gasteiger charge is 2.18. The Labute approximate surface area is 84.5 Å². The van der Waals surface area contributed by atoms with Gasteiger partial charge in [0.05, 0.1) is 16.0 Å². The number of aromatic amines is 1. The Bertz CT molecular complexity index is 601. The number of para-hydroxylation sites is 1. The molecule has 76 valence electrons. The van der Waals surface area contributed by atoms with Gasteiger partial charge in [0.25, 0.3) is 5.43 Å². The number of nitro groups is 1. The number of hydrogen-bond donors (Lipinski definition) is 1. The Morgan fingerprint density at radius 3 is 2.67 bits per heavy atom. The molecule has 0 fully saturated rings. The zero-order chi connectivity index (χ0) is 11.0. The highest BCUT2D eigenvalue weighted by atomic mass is 16.6. The second kappa shape index (κ2) is 3.20. The molecule has 0 amide bonds. The number of aromatic nitrogens is 1. The predicted molar refractivity (Wildman–Crippen MR) is 56.0 cm³/mol. The number of benzene rings is 1. The van der Waals surface area contributed by atoms with Gasteiger partial charge in [-0.25, -0.2) is 0 Å². The van der Waals surface area contributed by atoms with Gasteiger partial charge in [0.1, 0.15) is 0 Å². The summed E-state index contributed by atoms with van der Waals surface area (Å²) in [6.45, 7) is 1.52. The average Bonchev–Trinajstić information content (AvgIpc) is 2.17. The number of pyridine rings is 1. The van der Waals surface area contributed by atoms with Crippen LogP contribution in [0.5, 0.6) is 0 Å². The van der Waals surface area contributed by atoms with Crippen molar-refractivity contribution in [3.05, 3.63) is 50.3 Å². The van der Waals surface area contributed by atoms with Crippen LogP contribution >= 0.6 is 0 Å². The molecule has 0 aliphatic rings. The summed E-state index contributed by atoms with van der Waals surface area (Å²) >= 11 is 0. The quantitative estimate of drug-likeness (QED) is 0.567. The van der Waals surface area contributed by atoms with Crippen LogP contribution in [-0.2, 0) is 0 Å². The molecule has 5 nitrogen and oxygen atoms in total. The zero-order valence-electron chi connectivity index (χ0n) is 7.98. The fourth-order valence-electron chi connectivity index (χ4n) is 1.57. The highest BCUT2D eigenvalue weighted by molar-refractivity contribution is 5.80. The molecule has 0 unspecified atom stereocenters. The van der Waals surface area contributed by atoms with Crippen molar-refractivity contribution in [3.63, 3.8) is 0 Å². The van der Waals surface area contributed by atoms with E-state index in [2.05, 4.69) is 4.98 Å². The summed E-state index contributed by atoms with van der Waals surface area (Å²) in [5.41, 5.74) is -0.0187. The van der Waals surface area contributed by atoms with Crippen LogP contribution in [0, 0.1) is 17.0 Å². The SMILES string of the molecule is Cc1[nH]c2ccccc2c(=O)c1[N+](=O)[O-]. The molecule has 0 radical (unpaired) electrons. The molecule has 2 aromatic rings. The van der Waals surface area contributed by atoms with Crippen molar-refractivity contribution in [1.82, 2.24) is 4.98 Å². The molecule has 0 atom stereocenters. The summed E-state index contributed by atoms with van der Waals surface area (Å²) in [6, 6.07) is 6.73. The molecule has 0 spiro atoms. The van der Waals surface area contributed by atoms with E-state index < -0.39 is 10.4 Å². The van der Waals surface area contributed by atoms with Gasteiger partial charge in [0.2, 0.25) is 0 Å². The minimum Gasteiger partial charge on any atom is -0.353 e. The molecule has 15 heavy (non-hydrogen) atoms. The minimum atomic E-state index is -0.652. The molecule has 0 saturated carbocycles. The molecule has 2 rings (SSSR count). The first kappa shape index (κ1) is 9.39. The molecule has 1 N–H and O–H groups in total. The molecular formula is C10H8N2O3. The van der Waals surface area contributed by atoms with Crippen LogP contribution in [-0.4, -0.2) is 9.91 Å². The lowest BCUT2D eigenvalue weighted by molar-refractivity contribution is -0.386. The number of rotatable bonds is 1. The van der Waals surface area contributed by atoms with E-state index in [0.717, 1.165) is 0 Å². The van der Waals surface area contributed by atoms with Gasteiger partial charge in [-0.15, -0.1) is 0 Å². The lowest BCUT2D eigenvalue weighted by atomic mass is 10.2. The third-order valence-electron chi connectivity index (χ3n) is 2.25. The summed E-state index contributed by atoms with van der Waals surface area (Å²) in [7, 11) is 0. The van der Waals surface area contributed by atoms with Crippen LogP contribution in [0.15, 0.2) is 29.1 Å². The third kappa shape index (κ3) is 1.38. The Kier molecular flexibility index (Phi) is 2.00. The summed E-state index contributed by atoms with van der Waals surface area (Å²) in [5.74, 6) is 0. The molecule has 1 aromatic heterocycles. The number of nitrogens with zero attached hydrogens (tertiary/aromatic N) is 1. The third-order valence-corrected chi connectivity index (χ3v) is 2.25. The van der Waals surface area contributed by atoms with E-state index >= 15 is 0 Å². The van der Waals surface area contributed by atoms with Crippen LogP contribution in [0.1, 0.15) is 5.69 Å². The van der Waals surface area contributed by atoms with E-state index in [1.54, 1.807) is 24.3 Å². The highest BCUT2D eigenvalue weighted by Crippen LogP contribution is 2.15. The Morgan fingerprint density at radius 2 is 2.00 bits per heavy atom. The fraction of sp³-hybridized carbons (Fsp3) is 0.100. The van der Waals surface area contributed by atoms with Crippen LogP contribution in [0.3, 0.4) is 0 Å². The molecule has 0 aliphatic heterocycles. The van der Waals surface area contributed by atoms with Gasteiger partial charge in [-0.2, -0.15) is 0 Å². The second-order valence-electron chi connectivity index (χ2n) is 3.23. The minimum absolute atomic E-state index is 0.281. The Hall–Kier alpha value is -2.17. The van der Waals surface area contributed by atoms with Crippen LogP contribution in [0.25, 0.3) is 10.9 Å². The van der Waals surface area contributed by atoms with Gasteiger partial charge in [0, 0.05) is 5.52 Å². The molecule has 0 aliphatic carbocycles. The van der Waals surface area contributed by atoms with Gasteiger partial charge in [-0.3, -0.25) is 14.9 Å². The Morgan fingerprint density at radius 1 is 1.33 bits per heavy atom. The van der Waals surface area contributed by atoms with Crippen molar-refractivity contribution in [3.8, 4) is 0 Å². The van der Waals surface area contributed by atoms with Crippen LogP contribution in [0.4, 0.5) is 5.69 Å². The van der Waals surface area contributed by atoms with Crippen LogP contribution in [0.2, 0.25) is 0 Å². The number of aryl methyl sites for hydroxylation is 1. The predicted octanol–water partition coefficient (Wildman–Crippen LogP) is 1.74. The monoisotopic (exact) mass is 204 g/mol. The maximum absolute atomic E-state index is 11.7. The van der Waals surface area contributed by atoms with Gasteiger partial charge in [-0.1, -0.05) is 12.1 Å². The lowest BCUT2D eigenvalue weighted by Crippen LogP contribution is -2.11. The fourth-order valence-corrected chi connectivity index (χ4v) is 1.57. The van der Waals surface area contributed by atoms with Crippen molar-refractivity contribution >= 4 is 16.6 Å². The maximum Gasteiger partial charge on any atom is 0.335 e. The number of nitrogens with one attached hydrogen (secondary N) is 1. The maximum atomic E-state index is 11.7. The smallest absolute Gasteiger partial charge is 0.335 e. The van der Waals surface area contributed by atoms with E-state index in [0.29, 0.717) is 10.9 Å². The summed E-state index contributed by atoms with van der Waals surface area (Å²) in [6.07, 6.45) is 0. The normalized spacial score (nSPS) is 10.5. The molecule has 0 bridgehead atoms. The molecule has 1 heterocycles. The van der Waals surface area contributed by atoms with Crippen LogP contribution < -0.4 is 5.43 Å². The first-order valence-corrected chi connectivity index (χ1v) is 4.37. The molecule has 5 heteroatoms. The summed E-state index contributed by atoms with van der Waals surface area (Å²) in [4.78, 5) is 24.6. The van der Waals surface area contributed by atoms with Gasteiger partial charge in [-0.05, 0) is 19.1 Å². The van der Waals surface area contributed by atoms with Crippen molar-refractivity contribution in [2.24, 2.45) is 0 Å². The summed E-state index contributed by atoms with van der Waals surface area (Å²) in [5, 5.41) is 11.0. The molecule has 1 aromatic carbocycles. The first-order chi connectivity index (χ1) is 7.11. The van der Waals surface area contributed by atoms with Crippen molar-refractivity contribution in [1.29, 1.82) is 0 Å². The van der Waals surface area contributed by atoms with Crippen molar-refractivity contribution in [2.75, 3.05) is 0 Å². The number of H-pyrrole nitrogens is 1. The largest absolute Gasteiger partial charge is 0.353 e. The molecule has 0 saturated heterocycles. The van der Waals surface area contributed by atoms with Crippen molar-refractivity contribution in [2.45, 2.75) is 6.92 Å². The number of hydrogen-bond acceptors (Lipinski definition) is 3.